The van der Waals surface area contributed by atoms with Gasteiger partial charge < -0.3 is 10.6 Å². The minimum Gasteiger partial charge on any atom is -0.380 e. The molecule has 0 atom stereocenters. The van der Waals surface area contributed by atoms with Gasteiger partial charge in [-0.2, -0.15) is 0 Å². The number of aryl methyl sites for hydroxylation is 1. The Kier molecular flexibility index (Phi) is 5.21. The fraction of sp³-hybridized carbons (Fsp3) is 0.400. The largest absolute Gasteiger partial charge is 0.380 e. The third kappa shape index (κ3) is 4.24. The minimum atomic E-state index is 0.877. The SMILES string of the molecule is CCCNc1cc(NCc2ccc(CC)s2)ccn1. The molecule has 102 valence electrons. The standard InChI is InChI=1S/C15H21N3S/c1-3-8-16-15-10-12(7-9-17-15)18-11-14-6-5-13(4-2)19-14/h5-7,9-10H,3-4,8,11H2,1-2H3,(H2,16,17,18). The zero-order valence-corrected chi connectivity index (χ0v) is 12.4. The van der Waals surface area contributed by atoms with Crippen molar-refractivity contribution in [3.63, 3.8) is 0 Å². The maximum atomic E-state index is 4.30. The summed E-state index contributed by atoms with van der Waals surface area (Å²) >= 11 is 1.88. The molecule has 0 saturated carbocycles. The zero-order chi connectivity index (χ0) is 13.5. The van der Waals surface area contributed by atoms with Crippen molar-refractivity contribution in [2.75, 3.05) is 17.2 Å². The highest BCUT2D eigenvalue weighted by molar-refractivity contribution is 7.12. The second-order valence-electron chi connectivity index (χ2n) is 4.43. The summed E-state index contributed by atoms with van der Waals surface area (Å²) in [6.45, 7) is 6.18. The van der Waals surface area contributed by atoms with Gasteiger partial charge in [0.1, 0.15) is 5.82 Å². The van der Waals surface area contributed by atoms with Gasteiger partial charge in [-0.3, -0.25) is 0 Å². The molecule has 0 aliphatic heterocycles. The molecule has 3 nitrogen and oxygen atoms in total. The second-order valence-corrected chi connectivity index (χ2v) is 5.68. The topological polar surface area (TPSA) is 37.0 Å². The molecule has 0 spiro atoms. The van der Waals surface area contributed by atoms with Crippen LogP contribution in [0.25, 0.3) is 0 Å². The molecule has 0 radical (unpaired) electrons. The van der Waals surface area contributed by atoms with Gasteiger partial charge in [-0.1, -0.05) is 13.8 Å². The average molecular weight is 275 g/mol. The summed E-state index contributed by atoms with van der Waals surface area (Å²) in [7, 11) is 0. The fourth-order valence-corrected chi connectivity index (χ4v) is 2.68. The summed E-state index contributed by atoms with van der Waals surface area (Å²) in [4.78, 5) is 7.11. The highest BCUT2D eigenvalue weighted by Gasteiger charge is 2.00. The summed E-state index contributed by atoms with van der Waals surface area (Å²) in [6.07, 6.45) is 4.06. The number of nitrogens with one attached hydrogen (secondary N) is 2. The lowest BCUT2D eigenvalue weighted by Gasteiger charge is -2.08. The van der Waals surface area contributed by atoms with Crippen LogP contribution in [0, 0.1) is 0 Å². The van der Waals surface area contributed by atoms with E-state index in [1.807, 2.05) is 23.6 Å². The zero-order valence-electron chi connectivity index (χ0n) is 11.6. The van der Waals surface area contributed by atoms with Crippen LogP contribution in [0.5, 0.6) is 0 Å². The Hall–Kier alpha value is -1.55. The predicted octanol–water partition coefficient (Wildman–Crippen LogP) is 4.14. The van der Waals surface area contributed by atoms with Crippen molar-refractivity contribution >= 4 is 22.8 Å². The van der Waals surface area contributed by atoms with Gasteiger partial charge >= 0.3 is 0 Å². The van der Waals surface area contributed by atoms with Crippen molar-refractivity contribution in [3.8, 4) is 0 Å². The third-order valence-corrected chi connectivity index (χ3v) is 4.08. The summed E-state index contributed by atoms with van der Waals surface area (Å²) < 4.78 is 0. The van der Waals surface area contributed by atoms with E-state index >= 15 is 0 Å². The van der Waals surface area contributed by atoms with E-state index in [-0.39, 0.29) is 0 Å². The average Bonchev–Trinajstić information content (AvgIpc) is 2.91. The van der Waals surface area contributed by atoms with Crippen molar-refractivity contribution in [2.24, 2.45) is 0 Å². The molecule has 2 aromatic rings. The number of hydrogen-bond acceptors (Lipinski definition) is 4. The van der Waals surface area contributed by atoms with Crippen LogP contribution in [0.1, 0.15) is 30.0 Å². The van der Waals surface area contributed by atoms with E-state index in [4.69, 9.17) is 0 Å². The van der Waals surface area contributed by atoms with Crippen LogP contribution in [0.4, 0.5) is 11.5 Å². The normalized spacial score (nSPS) is 10.4. The first kappa shape index (κ1) is 13.9. The molecular weight excluding hydrogens is 254 g/mol. The van der Waals surface area contributed by atoms with Crippen molar-refractivity contribution in [2.45, 2.75) is 33.2 Å². The van der Waals surface area contributed by atoms with Gasteiger partial charge in [-0.15, -0.1) is 11.3 Å². The van der Waals surface area contributed by atoms with Gasteiger partial charge in [0.25, 0.3) is 0 Å². The Morgan fingerprint density at radius 1 is 1.11 bits per heavy atom. The van der Waals surface area contributed by atoms with Gasteiger partial charge in [0.2, 0.25) is 0 Å². The lowest BCUT2D eigenvalue weighted by molar-refractivity contribution is 0.969. The number of pyridine rings is 1. The van der Waals surface area contributed by atoms with E-state index < -0.39 is 0 Å². The van der Waals surface area contributed by atoms with Gasteiger partial charge in [0, 0.05) is 40.8 Å². The van der Waals surface area contributed by atoms with E-state index in [0.29, 0.717) is 0 Å². The second kappa shape index (κ2) is 7.14. The molecule has 0 aromatic carbocycles. The summed E-state index contributed by atoms with van der Waals surface area (Å²) in [5.41, 5.74) is 1.11. The van der Waals surface area contributed by atoms with Gasteiger partial charge in [-0.05, 0) is 31.0 Å². The first-order valence-corrected chi connectivity index (χ1v) is 7.65. The van der Waals surface area contributed by atoms with E-state index in [1.165, 1.54) is 9.75 Å². The monoisotopic (exact) mass is 275 g/mol. The number of rotatable bonds is 7. The molecule has 0 aliphatic carbocycles. The van der Waals surface area contributed by atoms with E-state index in [0.717, 1.165) is 37.4 Å². The number of nitrogens with zero attached hydrogens (tertiary/aromatic N) is 1. The number of aromatic nitrogens is 1. The van der Waals surface area contributed by atoms with E-state index in [1.54, 1.807) is 0 Å². The minimum absolute atomic E-state index is 0.877. The van der Waals surface area contributed by atoms with Crippen molar-refractivity contribution in [1.29, 1.82) is 0 Å². The van der Waals surface area contributed by atoms with Crippen LogP contribution in [-0.2, 0) is 13.0 Å². The molecule has 0 amide bonds. The molecule has 0 saturated heterocycles. The Labute approximate surface area is 119 Å². The summed E-state index contributed by atoms with van der Waals surface area (Å²) in [5, 5.41) is 6.74. The smallest absolute Gasteiger partial charge is 0.127 e. The highest BCUT2D eigenvalue weighted by atomic mass is 32.1. The van der Waals surface area contributed by atoms with Crippen LogP contribution in [-0.4, -0.2) is 11.5 Å². The van der Waals surface area contributed by atoms with Crippen molar-refractivity contribution < 1.29 is 0 Å². The maximum Gasteiger partial charge on any atom is 0.127 e. The Morgan fingerprint density at radius 3 is 2.68 bits per heavy atom. The predicted molar refractivity (Wildman–Crippen MR) is 84.0 cm³/mol. The first-order valence-electron chi connectivity index (χ1n) is 6.83. The molecule has 0 fully saturated rings. The van der Waals surface area contributed by atoms with E-state index in [9.17, 15) is 0 Å². The third-order valence-electron chi connectivity index (χ3n) is 2.85. The van der Waals surface area contributed by atoms with Crippen LogP contribution >= 0.6 is 11.3 Å². The number of hydrogen-bond donors (Lipinski definition) is 2. The quantitative estimate of drug-likeness (QED) is 0.797. The fourth-order valence-electron chi connectivity index (χ4n) is 1.79. The molecule has 0 bridgehead atoms. The van der Waals surface area contributed by atoms with Crippen LogP contribution in [0.15, 0.2) is 30.5 Å². The highest BCUT2D eigenvalue weighted by Crippen LogP contribution is 2.19. The summed E-state index contributed by atoms with van der Waals surface area (Å²) in [6, 6.07) is 8.48. The molecule has 0 unspecified atom stereocenters. The molecule has 2 rings (SSSR count). The summed E-state index contributed by atoms with van der Waals surface area (Å²) in [5.74, 6) is 0.937. The van der Waals surface area contributed by atoms with Gasteiger partial charge in [0.05, 0.1) is 0 Å². The molecule has 2 heterocycles. The first-order chi connectivity index (χ1) is 9.31. The van der Waals surface area contributed by atoms with Crippen LogP contribution in [0.2, 0.25) is 0 Å². The molecule has 4 heteroatoms. The number of anilines is 2. The van der Waals surface area contributed by atoms with Gasteiger partial charge in [-0.25, -0.2) is 4.98 Å². The van der Waals surface area contributed by atoms with Crippen LogP contribution in [0.3, 0.4) is 0 Å². The molecule has 19 heavy (non-hydrogen) atoms. The molecule has 2 aromatic heterocycles. The molecule has 2 N–H and O–H groups in total. The number of thiophene rings is 1. The maximum absolute atomic E-state index is 4.30. The van der Waals surface area contributed by atoms with Crippen molar-refractivity contribution in [3.05, 3.63) is 40.2 Å². The Balaban J connectivity index is 1.91. The Bertz CT molecular complexity index is 508. The van der Waals surface area contributed by atoms with Crippen LogP contribution < -0.4 is 10.6 Å². The molecular formula is C15H21N3S. The van der Waals surface area contributed by atoms with E-state index in [2.05, 4.69) is 47.7 Å². The molecule has 0 aliphatic rings. The lowest BCUT2D eigenvalue weighted by Crippen LogP contribution is -2.03. The lowest BCUT2D eigenvalue weighted by atomic mass is 10.3. The van der Waals surface area contributed by atoms with Crippen molar-refractivity contribution in [1.82, 2.24) is 4.98 Å². The van der Waals surface area contributed by atoms with Gasteiger partial charge in [0.15, 0.2) is 0 Å². The Morgan fingerprint density at radius 2 is 1.95 bits per heavy atom.